The van der Waals surface area contributed by atoms with Crippen LogP contribution in [-0.2, 0) is 4.79 Å². The highest BCUT2D eigenvalue weighted by Crippen LogP contribution is 2.17. The first kappa shape index (κ1) is 14.6. The Morgan fingerprint density at radius 1 is 1.26 bits per heavy atom. The van der Waals surface area contributed by atoms with Gasteiger partial charge in [0.1, 0.15) is 0 Å². The zero-order valence-electron chi connectivity index (χ0n) is 11.6. The van der Waals surface area contributed by atoms with Gasteiger partial charge in [-0.1, -0.05) is 19.3 Å². The third kappa shape index (κ3) is 4.97. The average Bonchev–Trinajstić information content (AvgIpc) is 2.81. The lowest BCUT2D eigenvalue weighted by Crippen LogP contribution is -2.43. The van der Waals surface area contributed by atoms with Gasteiger partial charge in [-0.05, 0) is 37.9 Å². The largest absolute Gasteiger partial charge is 0.363 e. The summed E-state index contributed by atoms with van der Waals surface area (Å²) in [5.74, 6) is 0.308. The number of carbonyl (C=O) groups excluding carboxylic acids is 1. The smallest absolute Gasteiger partial charge is 0.222 e. The van der Waals surface area contributed by atoms with Crippen LogP contribution in [0.25, 0.3) is 0 Å². The molecular weight excluding hydrogens is 258 g/mol. The van der Waals surface area contributed by atoms with Crippen LogP contribution < -0.4 is 10.6 Å². The molecule has 2 aliphatic rings. The molecule has 0 spiro atoms. The van der Waals surface area contributed by atoms with Crippen molar-refractivity contribution in [1.82, 2.24) is 15.5 Å². The van der Waals surface area contributed by atoms with Crippen LogP contribution >= 0.6 is 12.2 Å². The molecule has 1 amide bonds. The fourth-order valence-electron chi connectivity index (χ4n) is 2.90. The maximum absolute atomic E-state index is 11.4. The standard InChI is InChI=1S/C14H25N3OS/c18-13-8-4-10-17(13)11-5-9-15-14(19)16-12-6-2-1-3-7-12/h12H,1-11H2,(H2,15,16,19). The van der Waals surface area contributed by atoms with Crippen LogP contribution in [0.2, 0.25) is 0 Å². The molecule has 1 aliphatic heterocycles. The summed E-state index contributed by atoms with van der Waals surface area (Å²) in [6.45, 7) is 2.64. The molecule has 19 heavy (non-hydrogen) atoms. The first-order valence-corrected chi connectivity index (χ1v) is 7.98. The van der Waals surface area contributed by atoms with E-state index < -0.39 is 0 Å². The Balaban J connectivity index is 1.52. The fraction of sp³-hybridized carbons (Fsp3) is 0.857. The highest BCUT2D eigenvalue weighted by atomic mass is 32.1. The van der Waals surface area contributed by atoms with Crippen LogP contribution in [0.5, 0.6) is 0 Å². The number of hydrogen-bond acceptors (Lipinski definition) is 2. The average molecular weight is 283 g/mol. The monoisotopic (exact) mass is 283 g/mol. The maximum Gasteiger partial charge on any atom is 0.222 e. The second kappa shape index (κ2) is 7.68. The molecule has 5 heteroatoms. The highest BCUT2D eigenvalue weighted by molar-refractivity contribution is 7.80. The Morgan fingerprint density at radius 2 is 2.05 bits per heavy atom. The van der Waals surface area contributed by atoms with Crippen LogP contribution in [-0.4, -0.2) is 41.6 Å². The molecule has 0 radical (unpaired) electrons. The van der Waals surface area contributed by atoms with E-state index in [9.17, 15) is 4.79 Å². The Morgan fingerprint density at radius 3 is 2.74 bits per heavy atom. The predicted molar refractivity (Wildman–Crippen MR) is 81.0 cm³/mol. The van der Waals surface area contributed by atoms with Gasteiger partial charge in [0.15, 0.2) is 5.11 Å². The number of thiocarbonyl (C=S) groups is 1. The predicted octanol–water partition coefficient (Wildman–Crippen LogP) is 1.80. The molecule has 1 aliphatic carbocycles. The summed E-state index contributed by atoms with van der Waals surface area (Å²) in [6.07, 6.45) is 9.20. The van der Waals surface area contributed by atoms with Gasteiger partial charge in [0, 0.05) is 32.1 Å². The van der Waals surface area contributed by atoms with Crippen LogP contribution in [0.1, 0.15) is 51.4 Å². The molecule has 1 saturated heterocycles. The number of likely N-dealkylation sites (tertiary alicyclic amines) is 1. The second-order valence-electron chi connectivity index (χ2n) is 5.57. The molecule has 1 saturated carbocycles. The molecule has 4 nitrogen and oxygen atoms in total. The minimum atomic E-state index is 0.308. The molecule has 0 aromatic rings. The molecule has 0 unspecified atom stereocenters. The summed E-state index contributed by atoms with van der Waals surface area (Å²) in [7, 11) is 0. The molecule has 2 fully saturated rings. The Hall–Kier alpha value is -0.840. The number of amides is 1. The zero-order valence-corrected chi connectivity index (χ0v) is 12.4. The van der Waals surface area contributed by atoms with Gasteiger partial charge in [0.25, 0.3) is 0 Å². The van der Waals surface area contributed by atoms with Crippen molar-refractivity contribution in [3.05, 3.63) is 0 Å². The van der Waals surface area contributed by atoms with Crippen molar-refractivity contribution in [2.24, 2.45) is 0 Å². The Labute approximate surface area is 121 Å². The lowest BCUT2D eigenvalue weighted by atomic mass is 9.96. The van der Waals surface area contributed by atoms with Gasteiger partial charge in [-0.3, -0.25) is 4.79 Å². The summed E-state index contributed by atoms with van der Waals surface area (Å²) >= 11 is 5.30. The third-order valence-corrected chi connectivity index (χ3v) is 4.26. The SMILES string of the molecule is O=C1CCCN1CCCNC(=S)NC1CCCCC1. The normalized spacial score (nSPS) is 20.6. The van der Waals surface area contributed by atoms with Crippen molar-refractivity contribution in [1.29, 1.82) is 0 Å². The van der Waals surface area contributed by atoms with Crippen molar-refractivity contribution in [2.45, 2.75) is 57.4 Å². The van der Waals surface area contributed by atoms with E-state index in [2.05, 4.69) is 10.6 Å². The van der Waals surface area contributed by atoms with Crippen LogP contribution in [0.3, 0.4) is 0 Å². The molecule has 2 rings (SSSR count). The van der Waals surface area contributed by atoms with E-state index in [4.69, 9.17) is 12.2 Å². The van der Waals surface area contributed by atoms with Gasteiger partial charge < -0.3 is 15.5 Å². The third-order valence-electron chi connectivity index (χ3n) is 4.00. The molecule has 0 aromatic carbocycles. The van der Waals surface area contributed by atoms with Crippen molar-refractivity contribution < 1.29 is 4.79 Å². The van der Waals surface area contributed by atoms with Crippen molar-refractivity contribution >= 4 is 23.2 Å². The quantitative estimate of drug-likeness (QED) is 0.596. The second-order valence-corrected chi connectivity index (χ2v) is 5.98. The molecule has 0 aromatic heterocycles. The molecular formula is C14H25N3OS. The molecule has 0 bridgehead atoms. The first-order chi connectivity index (χ1) is 9.25. The molecule has 1 heterocycles. The Kier molecular flexibility index (Phi) is 5.89. The van der Waals surface area contributed by atoms with E-state index in [0.717, 1.165) is 44.0 Å². The van der Waals surface area contributed by atoms with Gasteiger partial charge >= 0.3 is 0 Å². The number of nitrogens with zero attached hydrogens (tertiary/aromatic N) is 1. The topological polar surface area (TPSA) is 44.4 Å². The minimum Gasteiger partial charge on any atom is -0.363 e. The van der Waals surface area contributed by atoms with Gasteiger partial charge in [0.2, 0.25) is 5.91 Å². The Bertz CT molecular complexity index is 316. The lowest BCUT2D eigenvalue weighted by molar-refractivity contribution is -0.127. The zero-order chi connectivity index (χ0) is 13.5. The van der Waals surface area contributed by atoms with Gasteiger partial charge in [-0.2, -0.15) is 0 Å². The number of hydrogen-bond donors (Lipinski definition) is 2. The van der Waals surface area contributed by atoms with E-state index in [0.29, 0.717) is 11.9 Å². The van der Waals surface area contributed by atoms with Crippen molar-refractivity contribution in [2.75, 3.05) is 19.6 Å². The van der Waals surface area contributed by atoms with Crippen LogP contribution in [0.4, 0.5) is 0 Å². The fourth-order valence-corrected chi connectivity index (χ4v) is 3.16. The summed E-state index contributed by atoms with van der Waals surface area (Å²) < 4.78 is 0. The summed E-state index contributed by atoms with van der Waals surface area (Å²) in [5.41, 5.74) is 0. The van der Waals surface area contributed by atoms with E-state index in [-0.39, 0.29) is 0 Å². The lowest BCUT2D eigenvalue weighted by Gasteiger charge is -2.24. The van der Waals surface area contributed by atoms with E-state index in [1.54, 1.807) is 0 Å². The number of rotatable bonds is 5. The number of nitrogens with one attached hydrogen (secondary N) is 2. The van der Waals surface area contributed by atoms with Crippen molar-refractivity contribution in [3.8, 4) is 0 Å². The molecule has 0 atom stereocenters. The molecule has 2 N–H and O–H groups in total. The maximum atomic E-state index is 11.4. The van der Waals surface area contributed by atoms with Gasteiger partial charge in [0.05, 0.1) is 0 Å². The summed E-state index contributed by atoms with van der Waals surface area (Å²) in [5, 5.41) is 7.42. The summed E-state index contributed by atoms with van der Waals surface area (Å²) in [6, 6.07) is 0.564. The highest BCUT2D eigenvalue weighted by Gasteiger charge is 2.19. The van der Waals surface area contributed by atoms with Gasteiger partial charge in [-0.15, -0.1) is 0 Å². The van der Waals surface area contributed by atoms with E-state index in [1.165, 1.54) is 32.1 Å². The van der Waals surface area contributed by atoms with E-state index >= 15 is 0 Å². The van der Waals surface area contributed by atoms with Gasteiger partial charge in [-0.25, -0.2) is 0 Å². The van der Waals surface area contributed by atoms with Crippen LogP contribution in [0.15, 0.2) is 0 Å². The summed E-state index contributed by atoms with van der Waals surface area (Å²) in [4.78, 5) is 13.4. The van der Waals surface area contributed by atoms with Crippen molar-refractivity contribution in [3.63, 3.8) is 0 Å². The molecule has 108 valence electrons. The first-order valence-electron chi connectivity index (χ1n) is 7.58. The van der Waals surface area contributed by atoms with E-state index in [1.807, 2.05) is 4.90 Å². The number of carbonyl (C=O) groups is 1. The van der Waals surface area contributed by atoms with Crippen LogP contribution in [0, 0.1) is 0 Å². The minimum absolute atomic E-state index is 0.308.